The van der Waals surface area contributed by atoms with E-state index in [0.29, 0.717) is 31.3 Å². The zero-order chi connectivity index (χ0) is 23.0. The normalized spacial score (nSPS) is 20.7. The number of carbonyl (C=O) groups excluding carboxylic acids is 1. The lowest BCUT2D eigenvalue weighted by Gasteiger charge is -2.49. The quantitative estimate of drug-likeness (QED) is 0.478. The second kappa shape index (κ2) is 8.71. The number of methoxy groups -OCH3 is 2. The maximum atomic E-state index is 12.8. The summed E-state index contributed by atoms with van der Waals surface area (Å²) in [5, 5.41) is 0. The second-order valence-electron chi connectivity index (χ2n) is 8.98. The van der Waals surface area contributed by atoms with Gasteiger partial charge in [-0.3, -0.25) is 9.59 Å². The van der Waals surface area contributed by atoms with Gasteiger partial charge < -0.3 is 23.5 Å². The molecule has 7 heteroatoms. The number of hydrogen-bond donors (Lipinski definition) is 0. The molecular weight excluding hydrogens is 410 g/mol. The number of ketones is 1. The van der Waals surface area contributed by atoms with Crippen LogP contribution < -0.4 is 14.9 Å². The Labute approximate surface area is 188 Å². The highest BCUT2D eigenvalue weighted by molar-refractivity contribution is 5.94. The van der Waals surface area contributed by atoms with Crippen molar-refractivity contribution in [3.05, 3.63) is 45.7 Å². The van der Waals surface area contributed by atoms with Crippen LogP contribution >= 0.6 is 0 Å². The summed E-state index contributed by atoms with van der Waals surface area (Å²) in [6.45, 7) is 7.34. The van der Waals surface area contributed by atoms with Crippen LogP contribution in [0.25, 0.3) is 11.3 Å². The van der Waals surface area contributed by atoms with Crippen molar-refractivity contribution in [3.8, 4) is 22.8 Å². The molecule has 0 saturated carbocycles. The molecule has 2 atom stereocenters. The molecule has 32 heavy (non-hydrogen) atoms. The van der Waals surface area contributed by atoms with E-state index in [2.05, 4.69) is 18.4 Å². The fourth-order valence-corrected chi connectivity index (χ4v) is 5.05. The molecular formula is C25H31NO6. The van der Waals surface area contributed by atoms with Gasteiger partial charge in [-0.1, -0.05) is 0 Å². The van der Waals surface area contributed by atoms with E-state index in [0.717, 1.165) is 29.7 Å². The zero-order valence-electron chi connectivity index (χ0n) is 19.4. The van der Waals surface area contributed by atoms with Crippen LogP contribution in [-0.2, 0) is 9.47 Å². The summed E-state index contributed by atoms with van der Waals surface area (Å²) in [7, 11) is 3.28. The number of hydrogen-bond acceptors (Lipinski definition) is 6. The van der Waals surface area contributed by atoms with E-state index in [1.54, 1.807) is 26.5 Å². The number of rotatable bonds is 7. The lowest BCUT2D eigenvalue weighted by atomic mass is 9.73. The van der Waals surface area contributed by atoms with Gasteiger partial charge in [-0.15, -0.1) is 0 Å². The fourth-order valence-electron chi connectivity index (χ4n) is 5.05. The molecule has 2 aliphatic rings. The van der Waals surface area contributed by atoms with E-state index >= 15 is 0 Å². The Balaban J connectivity index is 1.90. The molecule has 2 aliphatic heterocycles. The molecule has 1 aromatic heterocycles. The molecule has 2 aromatic rings. The number of aromatic nitrogens is 1. The van der Waals surface area contributed by atoms with Gasteiger partial charge in [0, 0.05) is 50.5 Å². The van der Waals surface area contributed by atoms with Crippen molar-refractivity contribution in [2.24, 2.45) is 0 Å². The molecule has 4 rings (SSSR count). The lowest BCUT2D eigenvalue weighted by molar-refractivity contribution is -0.0977. The van der Waals surface area contributed by atoms with E-state index < -0.39 is 5.60 Å². The van der Waals surface area contributed by atoms with Crippen molar-refractivity contribution >= 4 is 5.78 Å². The molecule has 0 radical (unpaired) electrons. The molecule has 0 spiro atoms. The number of fused-ring (bicyclic) bond motifs is 6. The van der Waals surface area contributed by atoms with Crippen molar-refractivity contribution < 1.29 is 23.7 Å². The molecule has 0 unspecified atom stereocenters. The van der Waals surface area contributed by atoms with Crippen molar-refractivity contribution in [3.63, 3.8) is 0 Å². The van der Waals surface area contributed by atoms with Gasteiger partial charge in [0.25, 0.3) is 0 Å². The third-order valence-electron chi connectivity index (χ3n) is 6.52. The highest BCUT2D eigenvalue weighted by Gasteiger charge is 2.46. The highest BCUT2D eigenvalue weighted by atomic mass is 16.5. The number of nitrogens with zero attached hydrogens (tertiary/aromatic N) is 1. The first-order valence-electron chi connectivity index (χ1n) is 11.0. The van der Waals surface area contributed by atoms with E-state index in [4.69, 9.17) is 18.9 Å². The minimum atomic E-state index is -0.474. The van der Waals surface area contributed by atoms with Gasteiger partial charge in [-0.2, -0.15) is 0 Å². The highest BCUT2D eigenvalue weighted by Crippen LogP contribution is 2.53. The standard InChI is InChI=1S/C25H31NO6/c1-15(27)19-14-26-20(13-21(19)28)18-12-22(30-5)23(31-9-6-8-29-4)11-17(18)16-7-10-32-25(2,3)24(16)26/h11-14,16,24H,6-10H2,1-5H3/t16-,24+/m1/s1. The van der Waals surface area contributed by atoms with Crippen molar-refractivity contribution in [1.82, 2.24) is 4.57 Å². The van der Waals surface area contributed by atoms with Crippen molar-refractivity contribution in [2.75, 3.05) is 34.0 Å². The summed E-state index contributed by atoms with van der Waals surface area (Å²) in [6.07, 6.45) is 3.31. The third-order valence-corrected chi connectivity index (χ3v) is 6.52. The summed E-state index contributed by atoms with van der Waals surface area (Å²) in [6, 6.07) is 5.49. The molecule has 0 bridgehead atoms. The summed E-state index contributed by atoms with van der Waals surface area (Å²) in [4.78, 5) is 24.9. The molecule has 1 fully saturated rings. The maximum absolute atomic E-state index is 12.8. The molecule has 3 heterocycles. The first-order valence-corrected chi connectivity index (χ1v) is 11.0. The average molecular weight is 442 g/mol. The van der Waals surface area contributed by atoms with Crippen LogP contribution in [0.5, 0.6) is 11.5 Å². The van der Waals surface area contributed by atoms with E-state index in [1.807, 2.05) is 12.1 Å². The summed E-state index contributed by atoms with van der Waals surface area (Å²) >= 11 is 0. The van der Waals surface area contributed by atoms with Crippen molar-refractivity contribution in [1.29, 1.82) is 0 Å². The summed E-state index contributed by atoms with van der Waals surface area (Å²) in [5.41, 5.74) is 2.25. The maximum Gasteiger partial charge on any atom is 0.192 e. The summed E-state index contributed by atoms with van der Waals surface area (Å²) < 4.78 is 25.0. The van der Waals surface area contributed by atoms with Crippen LogP contribution in [0, 0.1) is 0 Å². The average Bonchev–Trinajstić information content (AvgIpc) is 2.75. The van der Waals surface area contributed by atoms with E-state index in [9.17, 15) is 9.59 Å². The lowest BCUT2D eigenvalue weighted by Crippen LogP contribution is -2.47. The largest absolute Gasteiger partial charge is 0.493 e. The van der Waals surface area contributed by atoms with Crippen LogP contribution in [0.4, 0.5) is 0 Å². The number of Topliss-reactive ketones (excluding diaryl/α,β-unsaturated/α-hetero) is 1. The Morgan fingerprint density at radius 1 is 1.19 bits per heavy atom. The number of ether oxygens (including phenoxy) is 4. The smallest absolute Gasteiger partial charge is 0.192 e. The number of pyridine rings is 1. The second-order valence-corrected chi connectivity index (χ2v) is 8.98. The van der Waals surface area contributed by atoms with Gasteiger partial charge in [0.1, 0.15) is 0 Å². The Kier molecular flexibility index (Phi) is 6.14. The molecule has 1 aromatic carbocycles. The molecule has 0 N–H and O–H groups in total. The van der Waals surface area contributed by atoms with Gasteiger partial charge in [0.2, 0.25) is 0 Å². The first-order chi connectivity index (χ1) is 15.3. The molecule has 0 amide bonds. The Morgan fingerprint density at radius 3 is 2.66 bits per heavy atom. The van der Waals surface area contributed by atoms with Crippen molar-refractivity contribution in [2.45, 2.75) is 51.2 Å². The van der Waals surface area contributed by atoms with Gasteiger partial charge >= 0.3 is 0 Å². The van der Waals surface area contributed by atoms with Crippen LogP contribution in [0.1, 0.15) is 61.5 Å². The Morgan fingerprint density at radius 2 is 1.97 bits per heavy atom. The molecule has 0 aliphatic carbocycles. The number of benzene rings is 1. The van der Waals surface area contributed by atoms with Gasteiger partial charge in [0.15, 0.2) is 22.7 Å². The van der Waals surface area contributed by atoms with E-state index in [-0.39, 0.29) is 28.7 Å². The van der Waals surface area contributed by atoms with Crippen LogP contribution in [-0.4, -0.2) is 50.0 Å². The predicted molar refractivity (Wildman–Crippen MR) is 121 cm³/mol. The van der Waals surface area contributed by atoms with Gasteiger partial charge in [0.05, 0.1) is 36.6 Å². The topological polar surface area (TPSA) is 76.0 Å². The van der Waals surface area contributed by atoms with Crippen LogP contribution in [0.2, 0.25) is 0 Å². The molecule has 1 saturated heterocycles. The first kappa shape index (κ1) is 22.6. The summed E-state index contributed by atoms with van der Waals surface area (Å²) in [5.74, 6) is 1.21. The molecule has 172 valence electrons. The number of carbonyl (C=O) groups is 1. The Bertz CT molecular complexity index is 1090. The minimum absolute atomic E-state index is 0.0628. The predicted octanol–water partition coefficient (Wildman–Crippen LogP) is 3.98. The minimum Gasteiger partial charge on any atom is -0.493 e. The van der Waals surface area contributed by atoms with E-state index in [1.165, 1.54) is 6.92 Å². The Hall–Kier alpha value is -2.64. The van der Waals surface area contributed by atoms with Crippen LogP contribution in [0.15, 0.2) is 29.2 Å². The molecule has 7 nitrogen and oxygen atoms in total. The monoisotopic (exact) mass is 441 g/mol. The SMILES string of the molecule is COCCCOc1cc2c(cc1OC)-c1cc(=O)c(C(C)=O)cn1[C@H]1[C@@H]2CCOC1(C)C. The third kappa shape index (κ3) is 3.84. The van der Waals surface area contributed by atoms with Gasteiger partial charge in [-0.05, 0) is 44.9 Å². The van der Waals surface area contributed by atoms with Gasteiger partial charge in [-0.25, -0.2) is 0 Å². The van der Waals surface area contributed by atoms with Crippen LogP contribution in [0.3, 0.4) is 0 Å². The fraction of sp³-hybridized carbons (Fsp3) is 0.520. The zero-order valence-corrected chi connectivity index (χ0v) is 19.4.